The van der Waals surface area contributed by atoms with Crippen molar-refractivity contribution in [2.24, 2.45) is 11.8 Å². The average Bonchev–Trinajstić information content (AvgIpc) is 3.63. The monoisotopic (exact) mass is 826 g/mol. The minimum absolute atomic E-state index is 0.183. The number of rotatable bonds is 31. The van der Waals surface area contributed by atoms with Gasteiger partial charge in [-0.25, -0.2) is 0 Å². The number of ketones is 2. The molecular formula is C42H68Br2O2S2. The quantitative estimate of drug-likeness (QED) is 0.0710. The van der Waals surface area contributed by atoms with E-state index >= 15 is 0 Å². The molecule has 2 heterocycles. The van der Waals surface area contributed by atoms with Crippen LogP contribution in [0.1, 0.15) is 193 Å². The Balaban J connectivity index is 2.05. The van der Waals surface area contributed by atoms with Gasteiger partial charge in [0.25, 0.3) is 0 Å². The molecule has 2 aromatic rings. The SMILES string of the molecule is CCCCCCCCC(CCCCCC)C(=O)Cc1cc(-c2cc(CC(=O)C(CCCCCC)CCCCCCCC)c(Br)s2)sc1Br. The molecule has 48 heavy (non-hydrogen) atoms. The van der Waals surface area contributed by atoms with Crippen LogP contribution in [0.25, 0.3) is 9.75 Å². The molecule has 0 spiro atoms. The molecule has 0 aliphatic carbocycles. The lowest BCUT2D eigenvalue weighted by molar-refractivity contribution is -0.123. The highest BCUT2D eigenvalue weighted by Crippen LogP contribution is 2.42. The Bertz CT molecular complexity index is 1050. The molecule has 0 amide bonds. The van der Waals surface area contributed by atoms with E-state index < -0.39 is 0 Å². The van der Waals surface area contributed by atoms with E-state index in [1.165, 1.54) is 138 Å². The maximum absolute atomic E-state index is 13.7. The van der Waals surface area contributed by atoms with E-state index in [0.29, 0.717) is 24.4 Å². The third-order valence-corrected chi connectivity index (χ3v) is 14.1. The minimum Gasteiger partial charge on any atom is -0.299 e. The summed E-state index contributed by atoms with van der Waals surface area (Å²) in [5, 5.41) is 0. The Hall–Kier alpha value is -0.300. The lowest BCUT2D eigenvalue weighted by Gasteiger charge is -2.16. The largest absolute Gasteiger partial charge is 0.299 e. The van der Waals surface area contributed by atoms with Gasteiger partial charge in [0, 0.05) is 34.4 Å². The van der Waals surface area contributed by atoms with Gasteiger partial charge in [-0.2, -0.15) is 0 Å². The summed E-state index contributed by atoms with van der Waals surface area (Å²) in [4.78, 5) is 29.7. The number of hydrogen-bond donors (Lipinski definition) is 0. The highest BCUT2D eigenvalue weighted by Gasteiger charge is 2.23. The van der Waals surface area contributed by atoms with Crippen molar-refractivity contribution >= 4 is 66.1 Å². The van der Waals surface area contributed by atoms with Crippen molar-refractivity contribution < 1.29 is 9.59 Å². The van der Waals surface area contributed by atoms with Crippen LogP contribution in [-0.4, -0.2) is 11.6 Å². The van der Waals surface area contributed by atoms with E-state index in [-0.39, 0.29) is 11.8 Å². The number of thiophene rings is 2. The summed E-state index contributed by atoms with van der Waals surface area (Å²) in [6.45, 7) is 9.03. The molecule has 0 fully saturated rings. The fourth-order valence-electron chi connectivity index (χ4n) is 6.87. The molecule has 2 atom stereocenters. The van der Waals surface area contributed by atoms with Crippen molar-refractivity contribution in [2.45, 2.75) is 195 Å². The van der Waals surface area contributed by atoms with Gasteiger partial charge < -0.3 is 0 Å². The number of hydrogen-bond acceptors (Lipinski definition) is 4. The molecule has 2 nitrogen and oxygen atoms in total. The Morgan fingerprint density at radius 1 is 0.479 bits per heavy atom. The molecule has 0 saturated heterocycles. The van der Waals surface area contributed by atoms with Crippen molar-refractivity contribution in [3.05, 3.63) is 30.8 Å². The van der Waals surface area contributed by atoms with Crippen molar-refractivity contribution in [1.29, 1.82) is 0 Å². The van der Waals surface area contributed by atoms with Gasteiger partial charge >= 0.3 is 0 Å². The Morgan fingerprint density at radius 3 is 1.06 bits per heavy atom. The summed E-state index contributed by atoms with van der Waals surface area (Å²) in [7, 11) is 0. The Morgan fingerprint density at radius 2 is 0.750 bits per heavy atom. The van der Waals surface area contributed by atoms with E-state index in [2.05, 4.69) is 71.7 Å². The second kappa shape index (κ2) is 27.4. The van der Waals surface area contributed by atoms with Gasteiger partial charge in [-0.05, 0) is 80.8 Å². The highest BCUT2D eigenvalue weighted by atomic mass is 79.9. The third kappa shape index (κ3) is 17.8. The molecular weight excluding hydrogens is 760 g/mol. The van der Waals surface area contributed by atoms with Crippen molar-refractivity contribution in [1.82, 2.24) is 0 Å². The number of Topliss-reactive ketones (excluding diaryl/α,β-unsaturated/α-hetero) is 2. The van der Waals surface area contributed by atoms with E-state index in [1.54, 1.807) is 22.7 Å². The van der Waals surface area contributed by atoms with Crippen LogP contribution in [0, 0.1) is 11.8 Å². The molecule has 2 rings (SSSR count). The molecule has 274 valence electrons. The zero-order valence-electron chi connectivity index (χ0n) is 31.1. The summed E-state index contributed by atoms with van der Waals surface area (Å²) in [6.07, 6.45) is 30.3. The summed E-state index contributed by atoms with van der Waals surface area (Å²) in [5.74, 6) is 1.20. The average molecular weight is 829 g/mol. The van der Waals surface area contributed by atoms with Gasteiger partial charge in [0.05, 0.1) is 7.57 Å². The molecule has 2 unspecified atom stereocenters. The predicted octanol–water partition coefficient (Wildman–Crippen LogP) is 15.9. The summed E-state index contributed by atoms with van der Waals surface area (Å²) >= 11 is 11.1. The van der Waals surface area contributed by atoms with Crippen LogP contribution in [0.2, 0.25) is 0 Å². The second-order valence-corrected chi connectivity index (χ2v) is 19.1. The molecule has 0 bridgehead atoms. The van der Waals surface area contributed by atoms with Gasteiger partial charge in [-0.1, -0.05) is 156 Å². The number of carbonyl (C=O) groups excluding carboxylic acids is 2. The number of unbranched alkanes of at least 4 members (excludes halogenated alkanes) is 16. The van der Waals surface area contributed by atoms with Crippen LogP contribution >= 0.6 is 54.5 Å². The topological polar surface area (TPSA) is 34.1 Å². The van der Waals surface area contributed by atoms with Gasteiger partial charge in [-0.15, -0.1) is 22.7 Å². The molecule has 0 aromatic carbocycles. The van der Waals surface area contributed by atoms with Crippen LogP contribution < -0.4 is 0 Å². The first-order chi connectivity index (χ1) is 23.3. The normalized spacial score (nSPS) is 12.9. The van der Waals surface area contributed by atoms with Crippen LogP contribution in [0.5, 0.6) is 0 Å². The molecule has 0 N–H and O–H groups in total. The summed E-state index contributed by atoms with van der Waals surface area (Å²) in [6, 6.07) is 4.45. The smallest absolute Gasteiger partial charge is 0.140 e. The minimum atomic E-state index is 0.183. The van der Waals surface area contributed by atoms with E-state index in [9.17, 15) is 9.59 Å². The molecule has 6 heteroatoms. The fraction of sp³-hybridized carbons (Fsp3) is 0.762. The van der Waals surface area contributed by atoms with Crippen molar-refractivity contribution in [3.8, 4) is 9.75 Å². The van der Waals surface area contributed by atoms with E-state index in [0.717, 1.165) is 44.4 Å². The maximum atomic E-state index is 13.7. The predicted molar refractivity (Wildman–Crippen MR) is 221 cm³/mol. The maximum Gasteiger partial charge on any atom is 0.140 e. The zero-order valence-corrected chi connectivity index (χ0v) is 35.9. The van der Waals surface area contributed by atoms with E-state index in [4.69, 9.17) is 0 Å². The van der Waals surface area contributed by atoms with Gasteiger partial charge in [-0.3, -0.25) is 9.59 Å². The number of halogens is 2. The van der Waals surface area contributed by atoms with Crippen LogP contribution in [-0.2, 0) is 22.4 Å². The summed E-state index contributed by atoms with van der Waals surface area (Å²) < 4.78 is 2.15. The first-order valence-corrected chi connectivity index (χ1v) is 23.2. The van der Waals surface area contributed by atoms with Gasteiger partial charge in [0.1, 0.15) is 11.6 Å². The second-order valence-electron chi connectivity index (χ2n) is 14.3. The molecule has 0 saturated carbocycles. The summed E-state index contributed by atoms with van der Waals surface area (Å²) in [5.41, 5.74) is 2.24. The number of carbonyl (C=O) groups is 2. The van der Waals surface area contributed by atoms with Crippen LogP contribution in [0.15, 0.2) is 19.7 Å². The van der Waals surface area contributed by atoms with Gasteiger partial charge in [0.2, 0.25) is 0 Å². The Labute approximate surface area is 320 Å². The first-order valence-electron chi connectivity index (χ1n) is 20.0. The lowest BCUT2D eigenvalue weighted by Crippen LogP contribution is -2.17. The molecule has 0 aliphatic rings. The van der Waals surface area contributed by atoms with Crippen LogP contribution in [0.4, 0.5) is 0 Å². The van der Waals surface area contributed by atoms with Crippen molar-refractivity contribution in [3.63, 3.8) is 0 Å². The Kier molecular flexibility index (Phi) is 25.0. The lowest BCUT2D eigenvalue weighted by atomic mass is 9.88. The molecule has 0 aliphatic heterocycles. The highest BCUT2D eigenvalue weighted by molar-refractivity contribution is 9.11. The van der Waals surface area contributed by atoms with Crippen LogP contribution in [0.3, 0.4) is 0 Å². The standard InChI is InChI=1S/C42H68Br2O2S2/c1-5-9-13-17-19-23-27-33(25-21-15-11-7-3)37(45)29-35-31-39(47-41(35)43)40-32-36(42(44)48-40)30-38(46)34(26-22-16-12-8-4)28-24-20-18-14-10-6-2/h31-34H,5-30H2,1-4H3. The first kappa shape index (κ1) is 43.9. The molecule has 0 radical (unpaired) electrons. The fourth-order valence-corrected chi connectivity index (χ4v) is 10.3. The zero-order chi connectivity index (χ0) is 35.0. The van der Waals surface area contributed by atoms with Crippen molar-refractivity contribution in [2.75, 3.05) is 0 Å². The molecule has 2 aromatic heterocycles. The van der Waals surface area contributed by atoms with E-state index in [1.807, 2.05) is 0 Å². The van der Waals surface area contributed by atoms with Gasteiger partial charge in [0.15, 0.2) is 0 Å². The third-order valence-electron chi connectivity index (χ3n) is 10.0.